The molecule has 0 spiro atoms. The van der Waals surface area contributed by atoms with Crippen LogP contribution in [-0.4, -0.2) is 6.61 Å². The summed E-state index contributed by atoms with van der Waals surface area (Å²) in [4.78, 5) is 21.0. The maximum absolute atomic E-state index is 10.5. The zero-order valence-electron chi connectivity index (χ0n) is 16.3. The van der Waals surface area contributed by atoms with E-state index in [9.17, 15) is 14.4 Å². The predicted octanol–water partition coefficient (Wildman–Crippen LogP) is -1.51. The number of hydrogen-bond donors (Lipinski definition) is 0. The Labute approximate surface area is 193 Å². The molecule has 0 aliphatic heterocycles. The summed E-state index contributed by atoms with van der Waals surface area (Å²) < 4.78 is 14.8. The van der Waals surface area contributed by atoms with E-state index < -0.39 is 7.82 Å². The summed E-state index contributed by atoms with van der Waals surface area (Å²) in [5, 5.41) is 0. The van der Waals surface area contributed by atoms with Crippen molar-refractivity contribution in [2.24, 2.45) is 0 Å². The van der Waals surface area contributed by atoms with Crippen molar-refractivity contribution in [3.63, 3.8) is 0 Å². The maximum atomic E-state index is 10.5. The fourth-order valence-electron chi connectivity index (χ4n) is 2.49. The van der Waals surface area contributed by atoms with Gasteiger partial charge in [-0.25, -0.2) is 0 Å². The molecule has 0 rings (SSSR count). The van der Waals surface area contributed by atoms with E-state index in [-0.39, 0.29) is 65.7 Å². The molecule has 0 bridgehead atoms. The first-order valence-corrected chi connectivity index (χ1v) is 10.3. The van der Waals surface area contributed by atoms with Gasteiger partial charge in [0.2, 0.25) is 0 Å². The van der Waals surface area contributed by atoms with Gasteiger partial charge in [-0.15, -0.1) is 0 Å². The third kappa shape index (κ3) is 23.9. The molecule has 132 valence electrons. The molecule has 0 saturated carbocycles. The van der Waals surface area contributed by atoms with Crippen LogP contribution < -0.4 is 68.9 Å². The van der Waals surface area contributed by atoms with Crippen molar-refractivity contribution in [3.05, 3.63) is 11.6 Å². The molecule has 7 heteroatoms. The average Bonchev–Trinajstić information content (AvgIpc) is 2.44. The van der Waals surface area contributed by atoms with Crippen molar-refractivity contribution in [2.75, 3.05) is 6.61 Å². The van der Waals surface area contributed by atoms with E-state index >= 15 is 0 Å². The monoisotopic (exact) mass is 378 g/mol. The van der Waals surface area contributed by atoms with Crippen LogP contribution in [0.4, 0.5) is 0 Å². The molecular formula is C17H33Na2O4P. The van der Waals surface area contributed by atoms with E-state index in [0.29, 0.717) is 0 Å². The molecule has 0 amide bonds. The quantitative estimate of drug-likeness (QED) is 0.150. The van der Waals surface area contributed by atoms with E-state index in [0.717, 1.165) is 25.7 Å². The van der Waals surface area contributed by atoms with Crippen LogP contribution in [-0.2, 0) is 9.09 Å². The number of allylic oxidation sites excluding steroid dienone is 1. The summed E-state index contributed by atoms with van der Waals surface area (Å²) in [5.74, 6) is 0. The van der Waals surface area contributed by atoms with Crippen LogP contribution in [0.25, 0.3) is 0 Å². The summed E-state index contributed by atoms with van der Waals surface area (Å²) >= 11 is 0. The van der Waals surface area contributed by atoms with Crippen molar-refractivity contribution in [1.82, 2.24) is 0 Å². The van der Waals surface area contributed by atoms with Gasteiger partial charge in [-0.1, -0.05) is 76.9 Å². The Morgan fingerprint density at radius 1 is 0.833 bits per heavy atom. The average molecular weight is 378 g/mol. The zero-order chi connectivity index (χ0) is 16.7. The Morgan fingerprint density at radius 3 is 1.62 bits per heavy atom. The summed E-state index contributed by atoms with van der Waals surface area (Å²) in [5.41, 5.74) is 1.24. The molecule has 0 unspecified atom stereocenters. The van der Waals surface area contributed by atoms with Crippen LogP contribution in [0.1, 0.15) is 90.9 Å². The number of phosphoric ester groups is 1. The molecule has 0 N–H and O–H groups in total. The zero-order valence-corrected chi connectivity index (χ0v) is 21.2. The van der Waals surface area contributed by atoms with Gasteiger partial charge in [0.15, 0.2) is 0 Å². The molecule has 0 heterocycles. The topological polar surface area (TPSA) is 72.4 Å². The van der Waals surface area contributed by atoms with Gasteiger partial charge < -0.3 is 18.9 Å². The van der Waals surface area contributed by atoms with Crippen LogP contribution in [0.2, 0.25) is 0 Å². The summed E-state index contributed by atoms with van der Waals surface area (Å²) in [7, 11) is -4.85. The van der Waals surface area contributed by atoms with Crippen LogP contribution in [0.5, 0.6) is 0 Å². The largest absolute Gasteiger partial charge is 1.00 e. The molecule has 24 heavy (non-hydrogen) atoms. The van der Waals surface area contributed by atoms with Crippen molar-refractivity contribution < 1.29 is 78.0 Å². The molecule has 0 aliphatic rings. The Bertz CT molecular complexity index is 317. The molecule has 0 radical (unpaired) electrons. The Hall–Kier alpha value is 1.85. The van der Waals surface area contributed by atoms with Crippen LogP contribution in [0.15, 0.2) is 11.6 Å². The third-order valence-corrected chi connectivity index (χ3v) is 4.27. The van der Waals surface area contributed by atoms with Gasteiger partial charge in [0.1, 0.15) is 0 Å². The van der Waals surface area contributed by atoms with Gasteiger partial charge in [-0.3, -0.25) is 0 Å². The standard InChI is InChI=1S/C17H35O4P.2Na/c1-3-5-7-9-11-13-17(14-12-10-8-6-4-2)15-16-21-22(18,19)20;;/h15H,3-14,16H2,1-2H3,(H2,18,19,20);;/q;2*+1/p-2. The molecule has 4 nitrogen and oxygen atoms in total. The minimum Gasteiger partial charge on any atom is -0.790 e. The first-order chi connectivity index (χ1) is 10.5. The predicted molar refractivity (Wildman–Crippen MR) is 88.4 cm³/mol. The van der Waals surface area contributed by atoms with Gasteiger partial charge in [-0.05, 0) is 25.7 Å². The van der Waals surface area contributed by atoms with Crippen molar-refractivity contribution in [3.8, 4) is 0 Å². The summed E-state index contributed by atoms with van der Waals surface area (Å²) in [6.07, 6.45) is 16.0. The number of rotatable bonds is 15. The Kier molecular flexibility index (Phi) is 26.9. The Morgan fingerprint density at radius 2 is 1.25 bits per heavy atom. The fraction of sp³-hybridized carbons (Fsp3) is 0.882. The molecule has 0 aliphatic carbocycles. The SMILES string of the molecule is CCCCCCCC(=CCOP(=O)([O-])[O-])CCCCCCC.[Na+].[Na+]. The van der Waals surface area contributed by atoms with Crippen molar-refractivity contribution >= 4 is 7.82 Å². The first-order valence-electron chi connectivity index (χ1n) is 8.84. The van der Waals surface area contributed by atoms with Gasteiger partial charge in [0.05, 0.1) is 14.4 Å². The summed E-state index contributed by atoms with van der Waals surface area (Å²) in [6, 6.07) is 0. The summed E-state index contributed by atoms with van der Waals surface area (Å²) in [6.45, 7) is 4.29. The normalized spacial score (nSPS) is 10.7. The van der Waals surface area contributed by atoms with Crippen LogP contribution >= 0.6 is 7.82 Å². The molecule has 0 fully saturated rings. The van der Waals surface area contributed by atoms with Gasteiger partial charge in [0, 0.05) is 0 Å². The second-order valence-electron chi connectivity index (χ2n) is 5.93. The van der Waals surface area contributed by atoms with E-state index in [1.54, 1.807) is 6.08 Å². The number of unbranched alkanes of at least 4 members (excludes halogenated alkanes) is 8. The molecule has 0 saturated heterocycles. The second-order valence-corrected chi connectivity index (χ2v) is 7.09. The van der Waals surface area contributed by atoms with E-state index in [4.69, 9.17) is 0 Å². The fourth-order valence-corrected chi connectivity index (χ4v) is 2.74. The van der Waals surface area contributed by atoms with Gasteiger partial charge in [-0.2, -0.15) is 0 Å². The van der Waals surface area contributed by atoms with Gasteiger partial charge >= 0.3 is 59.1 Å². The smallest absolute Gasteiger partial charge is 0.790 e. The first kappa shape index (κ1) is 30.6. The van der Waals surface area contributed by atoms with E-state index in [2.05, 4.69) is 18.4 Å². The van der Waals surface area contributed by atoms with E-state index in [1.165, 1.54) is 56.9 Å². The van der Waals surface area contributed by atoms with Crippen LogP contribution in [0.3, 0.4) is 0 Å². The van der Waals surface area contributed by atoms with Crippen LogP contribution in [0, 0.1) is 0 Å². The van der Waals surface area contributed by atoms with Crippen molar-refractivity contribution in [1.29, 1.82) is 0 Å². The minimum atomic E-state index is -4.85. The van der Waals surface area contributed by atoms with E-state index in [1.807, 2.05) is 0 Å². The number of phosphoric acid groups is 1. The number of hydrogen-bond acceptors (Lipinski definition) is 4. The molecule has 0 aromatic heterocycles. The minimum absolute atomic E-state index is 0. The Balaban J connectivity index is -0.00000220. The van der Waals surface area contributed by atoms with Gasteiger partial charge in [0.25, 0.3) is 0 Å². The third-order valence-electron chi connectivity index (χ3n) is 3.81. The molecular weight excluding hydrogens is 345 g/mol. The molecule has 0 aromatic rings. The second kappa shape index (κ2) is 21.2. The molecule has 0 atom stereocenters. The van der Waals surface area contributed by atoms with Crippen molar-refractivity contribution in [2.45, 2.75) is 90.9 Å². The molecule has 0 aromatic carbocycles. The maximum Gasteiger partial charge on any atom is 1.00 e.